The van der Waals surface area contributed by atoms with Crippen LogP contribution >= 0.6 is 0 Å². The summed E-state index contributed by atoms with van der Waals surface area (Å²) in [6, 6.07) is 20.9. The maximum absolute atomic E-state index is 13.4. The molecule has 3 aromatic carbocycles. The van der Waals surface area contributed by atoms with E-state index in [1.807, 2.05) is 6.07 Å². The van der Waals surface area contributed by atoms with Gasteiger partial charge in [-0.25, -0.2) is 4.98 Å². The zero-order valence-corrected chi connectivity index (χ0v) is 17.7. The summed E-state index contributed by atoms with van der Waals surface area (Å²) in [5, 5.41) is 0.440. The fourth-order valence-corrected chi connectivity index (χ4v) is 3.56. The molecule has 0 fully saturated rings. The SMILES string of the molecule is COc1ccc(-n2c(CN(C=O)C(=O)c3ccccc3C)nc3ccccc3c2=O)cc1. The summed E-state index contributed by atoms with van der Waals surface area (Å²) in [7, 11) is 1.56. The molecule has 4 aromatic rings. The second-order valence-electron chi connectivity index (χ2n) is 7.24. The van der Waals surface area contributed by atoms with E-state index in [4.69, 9.17) is 4.74 Å². The van der Waals surface area contributed by atoms with Crippen molar-refractivity contribution in [2.75, 3.05) is 7.11 Å². The smallest absolute Gasteiger partial charge is 0.266 e. The number of hydrogen-bond donors (Lipinski definition) is 0. The lowest BCUT2D eigenvalue weighted by atomic mass is 10.1. The number of benzene rings is 3. The Hall–Kier alpha value is -4.26. The van der Waals surface area contributed by atoms with Crippen LogP contribution in [-0.4, -0.2) is 33.9 Å². The number of methoxy groups -OCH3 is 1. The van der Waals surface area contributed by atoms with Crippen molar-refractivity contribution >= 4 is 23.2 Å². The number of rotatable bonds is 6. The van der Waals surface area contributed by atoms with Crippen molar-refractivity contribution in [1.29, 1.82) is 0 Å². The first-order chi connectivity index (χ1) is 15.5. The van der Waals surface area contributed by atoms with Crippen LogP contribution in [0, 0.1) is 6.92 Å². The average molecular weight is 427 g/mol. The molecule has 2 amide bonds. The third-order valence-electron chi connectivity index (χ3n) is 5.25. The van der Waals surface area contributed by atoms with Gasteiger partial charge < -0.3 is 4.74 Å². The molecule has 0 N–H and O–H groups in total. The van der Waals surface area contributed by atoms with Crippen LogP contribution in [0.15, 0.2) is 77.6 Å². The van der Waals surface area contributed by atoms with Crippen molar-refractivity contribution in [1.82, 2.24) is 14.5 Å². The summed E-state index contributed by atoms with van der Waals surface area (Å²) >= 11 is 0. The van der Waals surface area contributed by atoms with Gasteiger partial charge in [0.25, 0.3) is 11.5 Å². The normalized spacial score (nSPS) is 10.7. The molecule has 0 radical (unpaired) electrons. The molecule has 7 nitrogen and oxygen atoms in total. The maximum Gasteiger partial charge on any atom is 0.266 e. The molecule has 32 heavy (non-hydrogen) atoms. The first kappa shape index (κ1) is 21.0. The fraction of sp³-hybridized carbons (Fsp3) is 0.120. The van der Waals surface area contributed by atoms with Crippen LogP contribution < -0.4 is 10.3 Å². The number of ether oxygens (including phenoxy) is 1. The standard InChI is InChI=1S/C25H21N3O4/c1-17-7-3-4-8-20(17)24(30)27(16-29)15-23-26-22-10-6-5-9-21(22)25(31)28(23)18-11-13-19(32-2)14-12-18/h3-14,16H,15H2,1-2H3. The van der Waals surface area contributed by atoms with Crippen molar-refractivity contribution in [3.8, 4) is 11.4 Å². The summed E-state index contributed by atoms with van der Waals surface area (Å²) in [5.74, 6) is 0.455. The zero-order chi connectivity index (χ0) is 22.7. The Labute approximate surface area is 184 Å². The van der Waals surface area contributed by atoms with Crippen LogP contribution in [0.2, 0.25) is 0 Å². The summed E-state index contributed by atoms with van der Waals surface area (Å²) in [6.45, 7) is 1.64. The van der Waals surface area contributed by atoms with Crippen LogP contribution in [0.25, 0.3) is 16.6 Å². The Balaban J connectivity index is 1.85. The average Bonchev–Trinajstić information content (AvgIpc) is 2.83. The van der Waals surface area contributed by atoms with Gasteiger partial charge in [-0.05, 0) is 55.0 Å². The van der Waals surface area contributed by atoms with E-state index >= 15 is 0 Å². The van der Waals surface area contributed by atoms with Crippen LogP contribution in [0.1, 0.15) is 21.7 Å². The number of nitrogens with zero attached hydrogens (tertiary/aromatic N) is 3. The molecule has 7 heteroatoms. The number of aromatic nitrogens is 2. The quantitative estimate of drug-likeness (QED) is 0.440. The molecular weight excluding hydrogens is 406 g/mol. The molecule has 160 valence electrons. The highest BCUT2D eigenvalue weighted by Gasteiger charge is 2.21. The minimum absolute atomic E-state index is 0.164. The van der Waals surface area contributed by atoms with E-state index in [0.29, 0.717) is 34.3 Å². The molecule has 1 aromatic heterocycles. The number of aryl methyl sites for hydroxylation is 1. The highest BCUT2D eigenvalue weighted by molar-refractivity contribution is 6.00. The number of amides is 2. The fourth-order valence-electron chi connectivity index (χ4n) is 3.56. The third-order valence-corrected chi connectivity index (χ3v) is 5.25. The lowest BCUT2D eigenvalue weighted by molar-refractivity contribution is -0.116. The van der Waals surface area contributed by atoms with E-state index in [-0.39, 0.29) is 17.9 Å². The minimum atomic E-state index is -0.457. The summed E-state index contributed by atoms with van der Waals surface area (Å²) in [4.78, 5) is 43.9. The summed E-state index contributed by atoms with van der Waals surface area (Å²) in [6.07, 6.45) is 0.467. The van der Waals surface area contributed by atoms with Gasteiger partial charge in [-0.15, -0.1) is 0 Å². The molecule has 0 spiro atoms. The third kappa shape index (κ3) is 3.88. The highest BCUT2D eigenvalue weighted by atomic mass is 16.5. The number of hydrogen-bond acceptors (Lipinski definition) is 5. The van der Waals surface area contributed by atoms with Crippen molar-refractivity contribution in [3.63, 3.8) is 0 Å². The summed E-state index contributed by atoms with van der Waals surface area (Å²) < 4.78 is 6.63. The summed E-state index contributed by atoms with van der Waals surface area (Å²) in [5.41, 5.74) is 1.93. The van der Waals surface area contributed by atoms with Crippen LogP contribution in [0.4, 0.5) is 0 Å². The van der Waals surface area contributed by atoms with Crippen LogP contribution in [-0.2, 0) is 11.3 Å². The first-order valence-corrected chi connectivity index (χ1v) is 10.0. The highest BCUT2D eigenvalue weighted by Crippen LogP contribution is 2.19. The Morgan fingerprint density at radius 1 is 1.03 bits per heavy atom. The molecule has 0 atom stereocenters. The Kier molecular flexibility index (Phi) is 5.81. The van der Waals surface area contributed by atoms with E-state index in [9.17, 15) is 14.4 Å². The molecule has 4 rings (SSSR count). The predicted octanol–water partition coefficient (Wildman–Crippen LogP) is 3.50. The van der Waals surface area contributed by atoms with Gasteiger partial charge in [-0.1, -0.05) is 30.3 Å². The molecule has 0 aliphatic rings. The van der Waals surface area contributed by atoms with Gasteiger partial charge in [0.05, 0.1) is 30.2 Å². The number of imide groups is 1. The van der Waals surface area contributed by atoms with E-state index < -0.39 is 5.91 Å². The number of carbonyl (C=O) groups excluding carboxylic acids is 2. The van der Waals surface area contributed by atoms with Gasteiger partial charge in [-0.3, -0.25) is 23.9 Å². The number of fused-ring (bicyclic) bond motifs is 1. The van der Waals surface area contributed by atoms with Gasteiger partial charge in [-0.2, -0.15) is 0 Å². The van der Waals surface area contributed by atoms with Crippen molar-refractivity contribution in [2.24, 2.45) is 0 Å². The second kappa shape index (κ2) is 8.85. The molecular formula is C25H21N3O4. The molecule has 0 saturated carbocycles. The molecule has 0 bridgehead atoms. The van der Waals surface area contributed by atoms with Gasteiger partial charge in [0.2, 0.25) is 6.41 Å². The Bertz CT molecular complexity index is 1360. The molecule has 0 saturated heterocycles. The van der Waals surface area contributed by atoms with Gasteiger partial charge in [0, 0.05) is 5.56 Å². The predicted molar refractivity (Wildman–Crippen MR) is 121 cm³/mol. The maximum atomic E-state index is 13.4. The van der Waals surface area contributed by atoms with E-state index in [1.54, 1.807) is 80.8 Å². The Morgan fingerprint density at radius 3 is 2.41 bits per heavy atom. The number of para-hydroxylation sites is 1. The van der Waals surface area contributed by atoms with Gasteiger partial charge in [0.15, 0.2) is 0 Å². The largest absolute Gasteiger partial charge is 0.497 e. The minimum Gasteiger partial charge on any atom is -0.497 e. The van der Waals surface area contributed by atoms with Crippen LogP contribution in [0.3, 0.4) is 0 Å². The van der Waals surface area contributed by atoms with E-state index in [2.05, 4.69) is 4.98 Å². The molecule has 1 heterocycles. The van der Waals surface area contributed by atoms with E-state index in [0.717, 1.165) is 10.5 Å². The van der Waals surface area contributed by atoms with Gasteiger partial charge >= 0.3 is 0 Å². The van der Waals surface area contributed by atoms with Crippen LogP contribution in [0.5, 0.6) is 5.75 Å². The lowest BCUT2D eigenvalue weighted by Gasteiger charge is -2.20. The molecule has 0 unspecified atom stereocenters. The topological polar surface area (TPSA) is 81.5 Å². The van der Waals surface area contributed by atoms with Crippen molar-refractivity contribution < 1.29 is 14.3 Å². The lowest BCUT2D eigenvalue weighted by Crippen LogP contribution is -2.34. The monoisotopic (exact) mass is 427 g/mol. The van der Waals surface area contributed by atoms with E-state index in [1.165, 1.54) is 4.57 Å². The van der Waals surface area contributed by atoms with Crippen molar-refractivity contribution in [3.05, 3.63) is 100 Å². The van der Waals surface area contributed by atoms with Crippen molar-refractivity contribution in [2.45, 2.75) is 13.5 Å². The second-order valence-corrected chi connectivity index (χ2v) is 7.24. The van der Waals surface area contributed by atoms with Gasteiger partial charge in [0.1, 0.15) is 11.6 Å². The molecule has 0 aliphatic carbocycles. The first-order valence-electron chi connectivity index (χ1n) is 10.0. The molecule has 0 aliphatic heterocycles. The Morgan fingerprint density at radius 2 is 1.72 bits per heavy atom. The zero-order valence-electron chi connectivity index (χ0n) is 17.7. The number of carbonyl (C=O) groups is 2.